The largest absolute Gasteiger partial charge is 0.381 e. The van der Waals surface area contributed by atoms with Crippen LogP contribution in [0.25, 0.3) is 0 Å². The lowest BCUT2D eigenvalue weighted by atomic mass is 9.86. The smallest absolute Gasteiger partial charge is 0.0547 e. The quantitative estimate of drug-likeness (QED) is 0.743. The lowest BCUT2D eigenvalue weighted by molar-refractivity contribution is 0.0338. The van der Waals surface area contributed by atoms with E-state index in [9.17, 15) is 0 Å². The fourth-order valence-electron chi connectivity index (χ4n) is 3.62. The van der Waals surface area contributed by atoms with Crippen molar-refractivity contribution in [2.75, 3.05) is 59.7 Å². The normalized spacial score (nSPS) is 30.4. The Morgan fingerprint density at radius 2 is 2.14 bits per heavy atom. The predicted octanol–water partition coefficient (Wildman–Crippen LogP) is 2.00. The molecule has 0 aromatic heterocycles. The van der Waals surface area contributed by atoms with E-state index in [-0.39, 0.29) is 0 Å². The van der Waals surface area contributed by atoms with Crippen molar-refractivity contribution in [3.05, 3.63) is 0 Å². The van der Waals surface area contributed by atoms with Crippen LogP contribution in [0.15, 0.2) is 0 Å². The Bertz CT molecular complexity index is 285. The van der Waals surface area contributed by atoms with E-state index in [1.807, 2.05) is 0 Å². The molecule has 4 nitrogen and oxygen atoms in total. The molecular formula is C17H34N2O2. The first kappa shape index (κ1) is 17.2. The van der Waals surface area contributed by atoms with Crippen molar-refractivity contribution in [1.29, 1.82) is 0 Å². The maximum absolute atomic E-state index is 5.72. The zero-order valence-electron chi connectivity index (χ0n) is 14.2. The minimum absolute atomic E-state index is 0.305. The highest BCUT2D eigenvalue weighted by atomic mass is 16.5. The molecule has 2 unspecified atom stereocenters. The van der Waals surface area contributed by atoms with Crippen molar-refractivity contribution in [3.63, 3.8) is 0 Å². The minimum Gasteiger partial charge on any atom is -0.381 e. The van der Waals surface area contributed by atoms with Gasteiger partial charge in [-0.15, -0.1) is 0 Å². The van der Waals surface area contributed by atoms with Crippen LogP contribution in [0.4, 0.5) is 0 Å². The number of hydrogen-bond donors (Lipinski definition) is 1. The van der Waals surface area contributed by atoms with Gasteiger partial charge in [-0.3, -0.25) is 0 Å². The van der Waals surface area contributed by atoms with Gasteiger partial charge in [-0.2, -0.15) is 0 Å². The molecule has 0 saturated carbocycles. The molecule has 2 saturated heterocycles. The van der Waals surface area contributed by atoms with Crippen LogP contribution in [0.5, 0.6) is 0 Å². The maximum Gasteiger partial charge on any atom is 0.0547 e. The molecule has 2 aliphatic heterocycles. The van der Waals surface area contributed by atoms with E-state index >= 15 is 0 Å². The first-order valence-corrected chi connectivity index (χ1v) is 8.64. The van der Waals surface area contributed by atoms with E-state index < -0.39 is 0 Å². The second-order valence-electron chi connectivity index (χ2n) is 7.61. The third-order valence-electron chi connectivity index (χ3n) is 4.67. The first-order valence-electron chi connectivity index (χ1n) is 8.64. The van der Waals surface area contributed by atoms with Gasteiger partial charge < -0.3 is 19.7 Å². The lowest BCUT2D eigenvalue weighted by Crippen LogP contribution is -2.45. The average molecular weight is 298 g/mol. The van der Waals surface area contributed by atoms with Crippen LogP contribution >= 0.6 is 0 Å². The van der Waals surface area contributed by atoms with Gasteiger partial charge in [0.05, 0.1) is 13.2 Å². The SMILES string of the molecule is CC(C)CNCC1(CN(C)CC2CCCOC2)CCOC1. The summed E-state index contributed by atoms with van der Waals surface area (Å²) in [6.07, 6.45) is 3.73. The number of nitrogens with one attached hydrogen (secondary N) is 1. The molecule has 1 N–H and O–H groups in total. The summed E-state index contributed by atoms with van der Waals surface area (Å²) < 4.78 is 11.3. The highest BCUT2D eigenvalue weighted by molar-refractivity contribution is 4.88. The van der Waals surface area contributed by atoms with Crippen LogP contribution < -0.4 is 5.32 Å². The van der Waals surface area contributed by atoms with Gasteiger partial charge in [0.25, 0.3) is 0 Å². The molecule has 0 spiro atoms. The van der Waals surface area contributed by atoms with Crippen molar-refractivity contribution >= 4 is 0 Å². The second-order valence-corrected chi connectivity index (χ2v) is 7.61. The van der Waals surface area contributed by atoms with E-state index in [4.69, 9.17) is 9.47 Å². The molecule has 0 aromatic rings. The van der Waals surface area contributed by atoms with Gasteiger partial charge in [-0.25, -0.2) is 0 Å². The molecule has 0 amide bonds. The Labute approximate surface area is 130 Å². The van der Waals surface area contributed by atoms with Crippen molar-refractivity contribution in [1.82, 2.24) is 10.2 Å². The molecular weight excluding hydrogens is 264 g/mol. The van der Waals surface area contributed by atoms with Crippen molar-refractivity contribution in [2.24, 2.45) is 17.3 Å². The molecule has 0 radical (unpaired) electrons. The van der Waals surface area contributed by atoms with Crippen molar-refractivity contribution < 1.29 is 9.47 Å². The maximum atomic E-state index is 5.72. The van der Waals surface area contributed by atoms with E-state index in [2.05, 4.69) is 31.1 Å². The molecule has 2 atom stereocenters. The zero-order valence-corrected chi connectivity index (χ0v) is 14.2. The third-order valence-corrected chi connectivity index (χ3v) is 4.67. The summed E-state index contributed by atoms with van der Waals surface area (Å²) in [7, 11) is 2.26. The Kier molecular flexibility index (Phi) is 6.93. The Morgan fingerprint density at radius 3 is 2.76 bits per heavy atom. The fourth-order valence-corrected chi connectivity index (χ4v) is 3.62. The van der Waals surface area contributed by atoms with E-state index in [0.717, 1.165) is 52.6 Å². The summed E-state index contributed by atoms with van der Waals surface area (Å²) in [4.78, 5) is 2.51. The molecule has 0 aliphatic carbocycles. The van der Waals surface area contributed by atoms with Gasteiger partial charge >= 0.3 is 0 Å². The summed E-state index contributed by atoms with van der Waals surface area (Å²) in [6.45, 7) is 12.7. The first-order chi connectivity index (χ1) is 10.1. The van der Waals surface area contributed by atoms with Crippen molar-refractivity contribution in [3.8, 4) is 0 Å². The summed E-state index contributed by atoms with van der Waals surface area (Å²) in [5.74, 6) is 1.42. The minimum atomic E-state index is 0.305. The fraction of sp³-hybridized carbons (Fsp3) is 1.00. The highest BCUT2D eigenvalue weighted by Gasteiger charge is 2.36. The summed E-state index contributed by atoms with van der Waals surface area (Å²) in [6, 6.07) is 0. The van der Waals surface area contributed by atoms with Gasteiger partial charge in [0.15, 0.2) is 0 Å². The van der Waals surface area contributed by atoms with E-state index in [1.54, 1.807) is 0 Å². The van der Waals surface area contributed by atoms with Crippen molar-refractivity contribution in [2.45, 2.75) is 33.1 Å². The number of ether oxygens (including phenoxy) is 2. The van der Waals surface area contributed by atoms with E-state index in [0.29, 0.717) is 17.3 Å². The summed E-state index contributed by atoms with van der Waals surface area (Å²) >= 11 is 0. The molecule has 2 fully saturated rings. The molecule has 4 heteroatoms. The van der Waals surface area contributed by atoms with Crippen LogP contribution in [-0.2, 0) is 9.47 Å². The monoisotopic (exact) mass is 298 g/mol. The van der Waals surface area contributed by atoms with E-state index in [1.165, 1.54) is 19.3 Å². The molecule has 0 bridgehead atoms. The second kappa shape index (κ2) is 8.47. The summed E-state index contributed by atoms with van der Waals surface area (Å²) in [5.41, 5.74) is 0.305. The van der Waals surface area contributed by atoms with Gasteiger partial charge in [0, 0.05) is 38.3 Å². The lowest BCUT2D eigenvalue weighted by Gasteiger charge is -2.35. The molecule has 21 heavy (non-hydrogen) atoms. The molecule has 2 heterocycles. The standard InChI is InChI=1S/C17H34N2O2/c1-15(2)9-18-12-17(6-8-21-14-17)13-19(3)10-16-5-4-7-20-11-16/h15-16,18H,4-14H2,1-3H3. The van der Waals surface area contributed by atoms with Gasteiger partial charge in [-0.1, -0.05) is 13.8 Å². The number of rotatable bonds is 8. The van der Waals surface area contributed by atoms with Crippen LogP contribution in [0, 0.1) is 17.3 Å². The van der Waals surface area contributed by atoms with Gasteiger partial charge in [0.1, 0.15) is 0 Å². The Morgan fingerprint density at radius 1 is 1.29 bits per heavy atom. The van der Waals surface area contributed by atoms with Crippen LogP contribution in [-0.4, -0.2) is 64.6 Å². The Hall–Kier alpha value is -0.160. The third kappa shape index (κ3) is 5.85. The molecule has 0 aromatic carbocycles. The van der Waals surface area contributed by atoms with Crippen LogP contribution in [0.3, 0.4) is 0 Å². The Balaban J connectivity index is 1.77. The zero-order chi connectivity index (χ0) is 15.1. The van der Waals surface area contributed by atoms with Gasteiger partial charge in [-0.05, 0) is 44.7 Å². The highest BCUT2D eigenvalue weighted by Crippen LogP contribution is 2.29. The molecule has 124 valence electrons. The summed E-state index contributed by atoms with van der Waals surface area (Å²) in [5, 5.41) is 3.65. The molecule has 2 rings (SSSR count). The van der Waals surface area contributed by atoms with Crippen LogP contribution in [0.2, 0.25) is 0 Å². The average Bonchev–Trinajstić information content (AvgIpc) is 2.87. The predicted molar refractivity (Wildman–Crippen MR) is 86.6 cm³/mol. The van der Waals surface area contributed by atoms with Gasteiger partial charge in [0.2, 0.25) is 0 Å². The topological polar surface area (TPSA) is 33.7 Å². The number of nitrogens with zero attached hydrogens (tertiary/aromatic N) is 1. The van der Waals surface area contributed by atoms with Crippen LogP contribution in [0.1, 0.15) is 33.1 Å². The molecule has 2 aliphatic rings. The number of hydrogen-bond acceptors (Lipinski definition) is 4.